The monoisotopic (exact) mass is 436 g/mol. The zero-order valence-electron chi connectivity index (χ0n) is 13.3. The molecular formula is C18H14BrClN2O2S. The van der Waals surface area contributed by atoms with Gasteiger partial charge < -0.3 is 4.74 Å². The van der Waals surface area contributed by atoms with Crippen LogP contribution in [0.3, 0.4) is 0 Å². The molecule has 0 aliphatic heterocycles. The average Bonchev–Trinajstić information content (AvgIpc) is 3.03. The van der Waals surface area contributed by atoms with Gasteiger partial charge in [0.05, 0.1) is 22.9 Å². The van der Waals surface area contributed by atoms with E-state index in [4.69, 9.17) is 16.3 Å². The first kappa shape index (κ1) is 17.9. The van der Waals surface area contributed by atoms with E-state index < -0.39 is 0 Å². The molecule has 3 aromatic rings. The molecule has 0 aliphatic rings. The van der Waals surface area contributed by atoms with Gasteiger partial charge in [-0.3, -0.25) is 10.1 Å². The Balaban J connectivity index is 1.81. The van der Waals surface area contributed by atoms with Gasteiger partial charge in [-0.25, -0.2) is 4.98 Å². The summed E-state index contributed by atoms with van der Waals surface area (Å²) in [5, 5.41) is 5.56. The fourth-order valence-electron chi connectivity index (χ4n) is 2.25. The van der Waals surface area contributed by atoms with Crippen molar-refractivity contribution in [2.24, 2.45) is 0 Å². The number of rotatable bonds is 5. The summed E-state index contributed by atoms with van der Waals surface area (Å²) in [7, 11) is 0. The lowest BCUT2D eigenvalue weighted by Crippen LogP contribution is -2.12. The van der Waals surface area contributed by atoms with E-state index in [0.717, 1.165) is 21.5 Å². The summed E-state index contributed by atoms with van der Waals surface area (Å²) in [6.45, 7) is 2.51. The Bertz CT molecular complexity index is 914. The number of hydrogen-bond acceptors (Lipinski definition) is 4. The van der Waals surface area contributed by atoms with Gasteiger partial charge in [0.2, 0.25) is 0 Å². The van der Waals surface area contributed by atoms with E-state index in [1.54, 1.807) is 18.2 Å². The summed E-state index contributed by atoms with van der Waals surface area (Å²) >= 11 is 10.8. The van der Waals surface area contributed by atoms with E-state index in [0.29, 0.717) is 22.3 Å². The summed E-state index contributed by atoms with van der Waals surface area (Å²) in [4.78, 5) is 16.9. The zero-order chi connectivity index (χ0) is 17.8. The highest BCUT2D eigenvalue weighted by molar-refractivity contribution is 9.10. The second-order valence-corrected chi connectivity index (χ2v) is 7.23. The molecule has 0 unspecified atom stereocenters. The molecule has 1 heterocycles. The SMILES string of the molecule is CCOc1ccccc1-c1csc(NC(=O)c2ccc(Br)cc2Cl)n1. The molecule has 25 heavy (non-hydrogen) atoms. The fourth-order valence-corrected chi connectivity index (χ4v) is 3.72. The Morgan fingerprint density at radius 1 is 1.32 bits per heavy atom. The number of anilines is 1. The van der Waals surface area contributed by atoms with Crippen molar-refractivity contribution < 1.29 is 9.53 Å². The number of carbonyl (C=O) groups is 1. The number of halogens is 2. The van der Waals surface area contributed by atoms with Crippen LogP contribution in [-0.4, -0.2) is 17.5 Å². The molecule has 7 heteroatoms. The maximum atomic E-state index is 12.4. The van der Waals surface area contributed by atoms with Crippen LogP contribution in [0.5, 0.6) is 5.75 Å². The van der Waals surface area contributed by atoms with Crippen LogP contribution in [-0.2, 0) is 0 Å². The Labute approximate surface area is 162 Å². The molecule has 0 radical (unpaired) electrons. The van der Waals surface area contributed by atoms with E-state index in [2.05, 4.69) is 26.2 Å². The molecule has 0 bridgehead atoms. The van der Waals surface area contributed by atoms with Crippen molar-refractivity contribution in [2.45, 2.75) is 6.92 Å². The maximum absolute atomic E-state index is 12.4. The maximum Gasteiger partial charge on any atom is 0.258 e. The van der Waals surface area contributed by atoms with Crippen molar-refractivity contribution in [1.29, 1.82) is 0 Å². The quantitative estimate of drug-likeness (QED) is 0.542. The average molecular weight is 438 g/mol. The molecule has 128 valence electrons. The van der Waals surface area contributed by atoms with Gasteiger partial charge in [0.1, 0.15) is 5.75 Å². The normalized spacial score (nSPS) is 10.5. The largest absolute Gasteiger partial charge is 0.493 e. The fraction of sp³-hybridized carbons (Fsp3) is 0.111. The van der Waals surface area contributed by atoms with Crippen LogP contribution in [0.15, 0.2) is 52.3 Å². The van der Waals surface area contributed by atoms with Gasteiger partial charge in [0.25, 0.3) is 5.91 Å². The number of benzene rings is 2. The standard InChI is InChI=1S/C18H14BrClN2O2S/c1-2-24-16-6-4-3-5-13(16)15-10-25-18(21-15)22-17(23)12-8-7-11(19)9-14(12)20/h3-10H,2H2,1H3,(H,21,22,23). The minimum atomic E-state index is -0.295. The predicted octanol–water partition coefficient (Wildman–Crippen LogP) is 5.88. The Morgan fingerprint density at radius 2 is 2.12 bits per heavy atom. The topological polar surface area (TPSA) is 51.2 Å². The van der Waals surface area contributed by atoms with Gasteiger partial charge in [-0.2, -0.15) is 0 Å². The Hall–Kier alpha value is -1.89. The van der Waals surface area contributed by atoms with Crippen molar-refractivity contribution >= 4 is 49.9 Å². The van der Waals surface area contributed by atoms with Gasteiger partial charge in [-0.1, -0.05) is 39.7 Å². The Morgan fingerprint density at radius 3 is 2.88 bits per heavy atom. The lowest BCUT2D eigenvalue weighted by atomic mass is 10.1. The number of nitrogens with zero attached hydrogens (tertiary/aromatic N) is 1. The molecule has 3 rings (SSSR count). The van der Waals surface area contributed by atoms with Crippen LogP contribution in [0.25, 0.3) is 11.3 Å². The highest BCUT2D eigenvalue weighted by atomic mass is 79.9. The first-order chi connectivity index (χ1) is 12.1. The van der Waals surface area contributed by atoms with Gasteiger partial charge in [0.15, 0.2) is 5.13 Å². The molecule has 4 nitrogen and oxygen atoms in total. The smallest absolute Gasteiger partial charge is 0.258 e. The predicted molar refractivity (Wildman–Crippen MR) is 106 cm³/mol. The number of ether oxygens (including phenoxy) is 1. The van der Waals surface area contributed by atoms with Crippen molar-refractivity contribution in [3.8, 4) is 17.0 Å². The van der Waals surface area contributed by atoms with Crippen LogP contribution < -0.4 is 10.1 Å². The summed E-state index contributed by atoms with van der Waals surface area (Å²) in [6, 6.07) is 12.8. The Kier molecular flexibility index (Phi) is 5.73. The van der Waals surface area contributed by atoms with Crippen LogP contribution >= 0.6 is 38.9 Å². The van der Waals surface area contributed by atoms with E-state index in [-0.39, 0.29) is 5.91 Å². The van der Waals surface area contributed by atoms with Gasteiger partial charge >= 0.3 is 0 Å². The molecule has 0 spiro atoms. The molecule has 0 atom stereocenters. The van der Waals surface area contributed by atoms with E-state index in [1.165, 1.54) is 11.3 Å². The lowest BCUT2D eigenvalue weighted by molar-refractivity contribution is 0.102. The second-order valence-electron chi connectivity index (χ2n) is 5.05. The molecule has 0 saturated heterocycles. The van der Waals surface area contributed by atoms with Crippen molar-refractivity contribution in [1.82, 2.24) is 4.98 Å². The molecule has 1 aromatic heterocycles. The zero-order valence-corrected chi connectivity index (χ0v) is 16.4. The number of amides is 1. The number of para-hydroxylation sites is 1. The third-order valence-corrected chi connectivity index (χ3v) is 4.93. The summed E-state index contributed by atoms with van der Waals surface area (Å²) in [5.41, 5.74) is 2.05. The molecule has 1 amide bonds. The highest BCUT2D eigenvalue weighted by Gasteiger charge is 2.14. The second kappa shape index (κ2) is 7.99. The van der Waals surface area contributed by atoms with Crippen LogP contribution in [0.4, 0.5) is 5.13 Å². The van der Waals surface area contributed by atoms with Gasteiger partial charge in [-0.15, -0.1) is 11.3 Å². The molecule has 1 N–H and O–H groups in total. The van der Waals surface area contributed by atoms with Gasteiger partial charge in [-0.05, 0) is 37.3 Å². The number of nitrogens with one attached hydrogen (secondary N) is 1. The first-order valence-electron chi connectivity index (χ1n) is 7.52. The summed E-state index contributed by atoms with van der Waals surface area (Å²) in [6.07, 6.45) is 0. The highest BCUT2D eigenvalue weighted by Crippen LogP contribution is 2.32. The molecule has 0 fully saturated rings. The van der Waals surface area contributed by atoms with Crippen molar-refractivity contribution in [3.05, 3.63) is 62.9 Å². The van der Waals surface area contributed by atoms with Gasteiger partial charge in [0, 0.05) is 15.4 Å². The minimum Gasteiger partial charge on any atom is -0.493 e. The lowest BCUT2D eigenvalue weighted by Gasteiger charge is -2.07. The minimum absolute atomic E-state index is 0.295. The molecular weight excluding hydrogens is 424 g/mol. The first-order valence-corrected chi connectivity index (χ1v) is 9.57. The molecule has 0 saturated carbocycles. The van der Waals surface area contributed by atoms with E-state index >= 15 is 0 Å². The number of thiazole rings is 1. The third-order valence-electron chi connectivity index (χ3n) is 3.36. The summed E-state index contributed by atoms with van der Waals surface area (Å²) in [5.74, 6) is 0.473. The van der Waals surface area contributed by atoms with Crippen LogP contribution in [0.1, 0.15) is 17.3 Å². The van der Waals surface area contributed by atoms with Crippen molar-refractivity contribution in [3.63, 3.8) is 0 Å². The molecule has 2 aromatic carbocycles. The number of carbonyl (C=O) groups excluding carboxylic acids is 1. The number of hydrogen-bond donors (Lipinski definition) is 1. The third kappa shape index (κ3) is 4.21. The van der Waals surface area contributed by atoms with Crippen LogP contribution in [0.2, 0.25) is 5.02 Å². The molecule has 0 aliphatic carbocycles. The number of aromatic nitrogens is 1. The van der Waals surface area contributed by atoms with Crippen molar-refractivity contribution in [2.75, 3.05) is 11.9 Å². The van der Waals surface area contributed by atoms with E-state index in [9.17, 15) is 4.79 Å². The summed E-state index contributed by atoms with van der Waals surface area (Å²) < 4.78 is 6.45. The van der Waals surface area contributed by atoms with E-state index in [1.807, 2.05) is 36.6 Å². The van der Waals surface area contributed by atoms with Crippen LogP contribution in [0, 0.1) is 0 Å².